The molecule has 1 fully saturated rings. The second-order valence-corrected chi connectivity index (χ2v) is 9.75. The van der Waals surface area contributed by atoms with Crippen LogP contribution >= 0.6 is 11.8 Å². The summed E-state index contributed by atoms with van der Waals surface area (Å²) in [5, 5.41) is 0.792. The molecule has 1 amide bonds. The summed E-state index contributed by atoms with van der Waals surface area (Å²) in [6, 6.07) is 26.2. The fourth-order valence-electron chi connectivity index (χ4n) is 4.25. The van der Waals surface area contributed by atoms with Crippen LogP contribution in [0.25, 0.3) is 6.08 Å². The number of amides is 1. The van der Waals surface area contributed by atoms with Gasteiger partial charge >= 0.3 is 0 Å². The number of benzene rings is 3. The number of aliphatic imine (C=N–C) groups is 1. The van der Waals surface area contributed by atoms with E-state index in [-0.39, 0.29) is 5.91 Å². The number of thioether (sulfide) groups is 1. The Morgan fingerprint density at radius 1 is 0.889 bits per heavy atom. The van der Waals surface area contributed by atoms with Gasteiger partial charge in [0.1, 0.15) is 6.61 Å². The molecule has 0 saturated carbocycles. The molecular weight excluding hydrogens is 470 g/mol. The summed E-state index contributed by atoms with van der Waals surface area (Å²) in [6.45, 7) is 5.03. The molecule has 0 atom stereocenters. The highest BCUT2D eigenvalue weighted by atomic mass is 32.2. The van der Waals surface area contributed by atoms with E-state index < -0.39 is 0 Å². The lowest BCUT2D eigenvalue weighted by Gasteiger charge is -2.35. The zero-order valence-corrected chi connectivity index (χ0v) is 21.1. The first-order valence-corrected chi connectivity index (χ1v) is 12.9. The van der Waals surface area contributed by atoms with Crippen LogP contribution in [0, 0.1) is 0 Å². The maximum absolute atomic E-state index is 12.6. The van der Waals surface area contributed by atoms with Crippen LogP contribution < -0.4 is 9.47 Å². The van der Waals surface area contributed by atoms with Crippen molar-refractivity contribution in [3.05, 3.63) is 100 Å². The van der Waals surface area contributed by atoms with Gasteiger partial charge in [-0.05, 0) is 46.7 Å². The molecule has 3 aromatic rings. The van der Waals surface area contributed by atoms with E-state index >= 15 is 0 Å². The highest BCUT2D eigenvalue weighted by Gasteiger charge is 2.28. The number of amidine groups is 1. The standard InChI is InChI=1S/C29H29N3O3S/c1-34-26-18-24(12-13-25(26)35-21-23-10-6-3-7-11-23)19-27-28(33)30-29(36-27)32-16-14-31(15-17-32)20-22-8-4-2-5-9-22/h2-13,18-19H,14-17,20-21H2,1H3/b27-19-. The Balaban J connectivity index is 1.18. The van der Waals surface area contributed by atoms with Crippen molar-refractivity contribution in [3.63, 3.8) is 0 Å². The molecule has 184 valence electrons. The largest absolute Gasteiger partial charge is 0.493 e. The summed E-state index contributed by atoms with van der Waals surface area (Å²) in [5.41, 5.74) is 3.29. The second-order valence-electron chi connectivity index (χ2n) is 8.74. The lowest BCUT2D eigenvalue weighted by Crippen LogP contribution is -2.47. The molecule has 0 unspecified atom stereocenters. The fraction of sp³-hybridized carbons (Fsp3) is 0.241. The number of rotatable bonds is 7. The summed E-state index contributed by atoms with van der Waals surface area (Å²) >= 11 is 1.45. The minimum atomic E-state index is -0.190. The van der Waals surface area contributed by atoms with Crippen molar-refractivity contribution >= 4 is 28.9 Å². The van der Waals surface area contributed by atoms with Crippen molar-refractivity contribution in [2.24, 2.45) is 4.99 Å². The lowest BCUT2D eigenvalue weighted by molar-refractivity contribution is -0.113. The van der Waals surface area contributed by atoms with E-state index in [9.17, 15) is 4.79 Å². The molecule has 0 aliphatic carbocycles. The van der Waals surface area contributed by atoms with Gasteiger partial charge in [0.15, 0.2) is 16.7 Å². The van der Waals surface area contributed by atoms with E-state index in [1.807, 2.05) is 60.7 Å². The van der Waals surface area contributed by atoms with Gasteiger partial charge in [-0.3, -0.25) is 9.69 Å². The van der Waals surface area contributed by atoms with Gasteiger partial charge in [0.2, 0.25) is 0 Å². The Kier molecular flexibility index (Phi) is 7.69. The Bertz CT molecular complexity index is 1250. The SMILES string of the molecule is COc1cc(/C=C2\SC(N3CCN(Cc4ccccc4)CC3)=NC2=O)ccc1OCc1ccccc1. The Labute approximate surface area is 216 Å². The molecule has 0 N–H and O–H groups in total. The molecular formula is C29H29N3O3S. The van der Waals surface area contributed by atoms with Crippen molar-refractivity contribution < 1.29 is 14.3 Å². The number of carbonyl (C=O) groups excluding carboxylic acids is 1. The van der Waals surface area contributed by atoms with Crippen molar-refractivity contribution in [1.29, 1.82) is 0 Å². The molecule has 0 bridgehead atoms. The third kappa shape index (κ3) is 5.98. The maximum atomic E-state index is 12.6. The number of piperazine rings is 1. The first kappa shape index (κ1) is 24.2. The summed E-state index contributed by atoms with van der Waals surface area (Å²) in [7, 11) is 1.62. The van der Waals surface area contributed by atoms with Crippen LogP contribution in [0.5, 0.6) is 11.5 Å². The number of methoxy groups -OCH3 is 1. The molecule has 0 aromatic heterocycles. The molecule has 2 heterocycles. The fourth-order valence-corrected chi connectivity index (χ4v) is 5.22. The van der Waals surface area contributed by atoms with Crippen molar-refractivity contribution in [2.45, 2.75) is 13.2 Å². The first-order valence-electron chi connectivity index (χ1n) is 12.1. The Morgan fingerprint density at radius 2 is 1.58 bits per heavy atom. The highest BCUT2D eigenvalue weighted by Crippen LogP contribution is 2.34. The predicted molar refractivity (Wildman–Crippen MR) is 145 cm³/mol. The van der Waals surface area contributed by atoms with E-state index in [2.05, 4.69) is 39.1 Å². The van der Waals surface area contributed by atoms with Gasteiger partial charge in [-0.1, -0.05) is 66.7 Å². The van der Waals surface area contributed by atoms with E-state index in [1.165, 1.54) is 17.3 Å². The summed E-state index contributed by atoms with van der Waals surface area (Å²) in [5.74, 6) is 1.11. The van der Waals surface area contributed by atoms with Gasteiger partial charge in [-0.15, -0.1) is 0 Å². The van der Waals surface area contributed by atoms with Crippen molar-refractivity contribution in [2.75, 3.05) is 33.3 Å². The molecule has 7 heteroatoms. The van der Waals surface area contributed by atoms with Crippen molar-refractivity contribution in [3.8, 4) is 11.5 Å². The number of ether oxygens (including phenoxy) is 2. The zero-order chi connectivity index (χ0) is 24.7. The maximum Gasteiger partial charge on any atom is 0.286 e. The lowest BCUT2D eigenvalue weighted by atomic mass is 10.2. The molecule has 36 heavy (non-hydrogen) atoms. The number of nitrogens with zero attached hydrogens (tertiary/aromatic N) is 3. The number of carbonyl (C=O) groups is 1. The molecule has 3 aromatic carbocycles. The predicted octanol–water partition coefficient (Wildman–Crippen LogP) is 5.06. The second kappa shape index (κ2) is 11.5. The van der Waals surface area contributed by atoms with Crippen LogP contribution in [0.2, 0.25) is 0 Å². The first-order chi connectivity index (χ1) is 17.7. The average Bonchev–Trinajstić information content (AvgIpc) is 3.29. The van der Waals surface area contributed by atoms with Crippen LogP contribution in [0.1, 0.15) is 16.7 Å². The Hall–Kier alpha value is -3.55. The van der Waals surface area contributed by atoms with Crippen LogP contribution in [0.3, 0.4) is 0 Å². The normalized spacial score (nSPS) is 17.4. The third-order valence-electron chi connectivity index (χ3n) is 6.22. The molecule has 6 nitrogen and oxygen atoms in total. The summed E-state index contributed by atoms with van der Waals surface area (Å²) in [4.78, 5) is 22.3. The smallest absolute Gasteiger partial charge is 0.286 e. The van der Waals surface area contributed by atoms with Crippen LogP contribution in [-0.4, -0.2) is 54.2 Å². The van der Waals surface area contributed by atoms with E-state index in [0.717, 1.165) is 49.0 Å². The van der Waals surface area contributed by atoms with E-state index in [0.29, 0.717) is 23.0 Å². The molecule has 1 saturated heterocycles. The topological polar surface area (TPSA) is 54.4 Å². The third-order valence-corrected chi connectivity index (χ3v) is 7.27. The van der Waals surface area contributed by atoms with Gasteiger partial charge in [0.25, 0.3) is 5.91 Å². The minimum absolute atomic E-state index is 0.190. The van der Waals surface area contributed by atoms with Gasteiger partial charge in [0, 0.05) is 32.7 Å². The number of hydrogen-bond donors (Lipinski definition) is 0. The summed E-state index contributed by atoms with van der Waals surface area (Å²) in [6.07, 6.45) is 1.87. The van der Waals surface area contributed by atoms with Crippen LogP contribution in [-0.2, 0) is 17.9 Å². The quantitative estimate of drug-likeness (QED) is 0.424. The Morgan fingerprint density at radius 3 is 2.28 bits per heavy atom. The monoisotopic (exact) mass is 499 g/mol. The zero-order valence-electron chi connectivity index (χ0n) is 20.3. The van der Waals surface area contributed by atoms with Crippen LogP contribution in [0.15, 0.2) is 88.8 Å². The van der Waals surface area contributed by atoms with Gasteiger partial charge in [0.05, 0.1) is 12.0 Å². The summed E-state index contributed by atoms with van der Waals surface area (Å²) < 4.78 is 11.5. The molecule has 0 spiro atoms. The molecule has 0 radical (unpaired) electrons. The highest BCUT2D eigenvalue weighted by molar-refractivity contribution is 8.18. The van der Waals surface area contributed by atoms with Gasteiger partial charge < -0.3 is 14.4 Å². The molecule has 2 aliphatic heterocycles. The van der Waals surface area contributed by atoms with Crippen molar-refractivity contribution in [1.82, 2.24) is 9.80 Å². The van der Waals surface area contributed by atoms with Crippen LogP contribution in [0.4, 0.5) is 0 Å². The average molecular weight is 500 g/mol. The van der Waals surface area contributed by atoms with E-state index in [1.54, 1.807) is 7.11 Å². The van der Waals surface area contributed by atoms with Gasteiger partial charge in [-0.2, -0.15) is 4.99 Å². The number of hydrogen-bond acceptors (Lipinski definition) is 6. The molecule has 2 aliphatic rings. The van der Waals surface area contributed by atoms with E-state index in [4.69, 9.17) is 9.47 Å². The minimum Gasteiger partial charge on any atom is -0.493 e. The molecule has 5 rings (SSSR count). The van der Waals surface area contributed by atoms with Gasteiger partial charge in [-0.25, -0.2) is 0 Å².